The van der Waals surface area contributed by atoms with Crippen molar-refractivity contribution < 1.29 is 19.1 Å². The third-order valence-corrected chi connectivity index (χ3v) is 7.59. The molecule has 0 fully saturated rings. The molecular formula is C33H41NO4. The van der Waals surface area contributed by atoms with Crippen LogP contribution in [0.4, 0.5) is 0 Å². The maximum Gasteiger partial charge on any atom is 0.310 e. The molecule has 0 saturated carbocycles. The number of nitrogens with zero attached hydrogens (tertiary/aromatic N) is 1. The van der Waals surface area contributed by atoms with E-state index >= 15 is 0 Å². The van der Waals surface area contributed by atoms with E-state index in [1.807, 2.05) is 46.0 Å². The van der Waals surface area contributed by atoms with Gasteiger partial charge in [0.05, 0.1) is 13.5 Å². The quantitative estimate of drug-likeness (QED) is 0.268. The molecule has 0 unspecified atom stereocenters. The van der Waals surface area contributed by atoms with Crippen LogP contribution in [-0.2, 0) is 26.2 Å². The molecule has 1 heterocycles. The highest BCUT2D eigenvalue weighted by Crippen LogP contribution is 2.41. The molecule has 38 heavy (non-hydrogen) atoms. The summed E-state index contributed by atoms with van der Waals surface area (Å²) >= 11 is 0. The lowest BCUT2D eigenvalue weighted by Crippen LogP contribution is -2.27. The first kappa shape index (κ1) is 29.1. The maximum atomic E-state index is 12.3. The second-order valence-electron chi connectivity index (χ2n) is 11.1. The van der Waals surface area contributed by atoms with Gasteiger partial charge >= 0.3 is 5.97 Å². The van der Waals surface area contributed by atoms with Crippen molar-refractivity contribution in [1.82, 2.24) is 4.98 Å². The van der Waals surface area contributed by atoms with Gasteiger partial charge in [-0.15, -0.1) is 0 Å². The lowest BCUT2D eigenvalue weighted by Gasteiger charge is -2.34. The fraction of sp³-hybridized carbons (Fsp3) is 0.424. The van der Waals surface area contributed by atoms with Crippen molar-refractivity contribution in [3.63, 3.8) is 0 Å². The van der Waals surface area contributed by atoms with Gasteiger partial charge in [0, 0.05) is 28.8 Å². The Morgan fingerprint density at radius 1 is 0.868 bits per heavy atom. The number of carbonyl (C=O) groups excluding carboxylic acids is 2. The second kappa shape index (κ2) is 11.9. The van der Waals surface area contributed by atoms with E-state index in [1.54, 1.807) is 6.20 Å². The molecular weight excluding hydrogens is 474 g/mol. The normalized spacial score (nSPS) is 11.8. The van der Waals surface area contributed by atoms with Crippen LogP contribution in [0.3, 0.4) is 0 Å². The highest BCUT2D eigenvalue weighted by molar-refractivity contribution is 5.85. The molecule has 0 aliphatic heterocycles. The molecule has 0 aliphatic carbocycles. The molecule has 0 bridgehead atoms. The molecule has 0 atom stereocenters. The van der Waals surface area contributed by atoms with Crippen molar-refractivity contribution in [3.8, 4) is 16.9 Å². The van der Waals surface area contributed by atoms with Crippen molar-refractivity contribution in [3.05, 3.63) is 82.7 Å². The van der Waals surface area contributed by atoms with E-state index in [1.165, 1.54) is 18.2 Å². The van der Waals surface area contributed by atoms with E-state index in [0.717, 1.165) is 46.4 Å². The van der Waals surface area contributed by atoms with Crippen LogP contribution in [0.2, 0.25) is 0 Å². The molecule has 0 saturated heterocycles. The first-order valence-electron chi connectivity index (χ1n) is 13.3. The van der Waals surface area contributed by atoms with Crippen molar-refractivity contribution in [2.45, 2.75) is 73.1 Å². The number of Topliss-reactive ketones (excluding diaryl/α,β-unsaturated/α-hetero) is 1. The zero-order valence-corrected chi connectivity index (χ0v) is 24.1. The van der Waals surface area contributed by atoms with Crippen LogP contribution in [-0.4, -0.2) is 30.5 Å². The minimum atomic E-state index is -0.420. The number of ketones is 1. The molecule has 5 nitrogen and oxygen atoms in total. The molecule has 202 valence electrons. The molecule has 1 aromatic heterocycles. The molecule has 3 rings (SSSR count). The van der Waals surface area contributed by atoms with Gasteiger partial charge < -0.3 is 9.47 Å². The molecule has 3 aromatic rings. The topological polar surface area (TPSA) is 65.5 Å². The number of aromatic nitrogens is 1. The first-order chi connectivity index (χ1) is 17.9. The Labute approximate surface area is 227 Å². The Hall–Kier alpha value is -3.47. The van der Waals surface area contributed by atoms with Gasteiger partial charge in [-0.1, -0.05) is 65.0 Å². The van der Waals surface area contributed by atoms with Gasteiger partial charge in [-0.25, -0.2) is 0 Å². The van der Waals surface area contributed by atoms with Gasteiger partial charge in [-0.3, -0.25) is 14.6 Å². The summed E-state index contributed by atoms with van der Waals surface area (Å²) in [6, 6.07) is 15.0. The molecule has 2 aromatic carbocycles. The number of hydrogen-bond donors (Lipinski definition) is 0. The molecule has 0 amide bonds. The highest BCUT2D eigenvalue weighted by Gasteiger charge is 2.32. The molecule has 5 heteroatoms. The predicted molar refractivity (Wildman–Crippen MR) is 153 cm³/mol. The van der Waals surface area contributed by atoms with Gasteiger partial charge in [0.25, 0.3) is 0 Å². The summed E-state index contributed by atoms with van der Waals surface area (Å²) in [7, 11) is 1.40. The van der Waals surface area contributed by atoms with Gasteiger partial charge in [0.15, 0.2) is 5.78 Å². The monoisotopic (exact) mass is 515 g/mol. The number of hydrogen-bond acceptors (Lipinski definition) is 5. The van der Waals surface area contributed by atoms with Crippen molar-refractivity contribution in [2.24, 2.45) is 5.41 Å². The van der Waals surface area contributed by atoms with Crippen molar-refractivity contribution in [1.29, 1.82) is 0 Å². The van der Waals surface area contributed by atoms with E-state index in [-0.39, 0.29) is 30.2 Å². The number of carbonyl (C=O) groups is 2. The summed E-state index contributed by atoms with van der Waals surface area (Å²) in [6.07, 6.45) is 5.63. The zero-order chi connectivity index (χ0) is 28.1. The lowest BCUT2D eigenvalue weighted by atomic mass is 9.69. The Morgan fingerprint density at radius 3 is 2.05 bits per heavy atom. The summed E-state index contributed by atoms with van der Waals surface area (Å²) in [4.78, 5) is 28.4. The fourth-order valence-corrected chi connectivity index (χ4v) is 4.96. The van der Waals surface area contributed by atoms with Gasteiger partial charge in [0.1, 0.15) is 12.4 Å². The predicted octanol–water partition coefficient (Wildman–Crippen LogP) is 7.18. The highest BCUT2D eigenvalue weighted by atomic mass is 16.5. The number of methoxy groups -OCH3 is 1. The molecule has 0 radical (unpaired) electrons. The number of pyridine rings is 1. The van der Waals surface area contributed by atoms with Gasteiger partial charge in [0.2, 0.25) is 0 Å². The average molecular weight is 516 g/mol. The molecule has 0 spiro atoms. The van der Waals surface area contributed by atoms with Crippen LogP contribution in [0.25, 0.3) is 11.1 Å². The minimum absolute atomic E-state index is 0.0761. The van der Waals surface area contributed by atoms with E-state index in [0.29, 0.717) is 0 Å². The van der Waals surface area contributed by atoms with Crippen LogP contribution < -0.4 is 4.74 Å². The van der Waals surface area contributed by atoms with Crippen LogP contribution in [0.15, 0.2) is 54.9 Å². The summed E-state index contributed by atoms with van der Waals surface area (Å²) < 4.78 is 10.7. The summed E-state index contributed by atoms with van der Waals surface area (Å²) in [5, 5.41) is 0. The standard InChI is InChI=1S/C33H41NO4/c1-9-33(10-2,27-12-14-29(23(4)16-27)38-21-30(35)32(5,6)7)26-11-13-28(22(3)15-26)25-17-24(19-34-20-25)18-31(36)37-8/h11-17,19-20H,9-10,18,21H2,1-8H3. The van der Waals surface area contributed by atoms with Crippen LogP contribution in [0.1, 0.15) is 75.3 Å². The van der Waals surface area contributed by atoms with Gasteiger partial charge in [-0.2, -0.15) is 0 Å². The Balaban J connectivity index is 1.93. The van der Waals surface area contributed by atoms with Gasteiger partial charge in [-0.05, 0) is 72.2 Å². The maximum absolute atomic E-state index is 12.3. The van der Waals surface area contributed by atoms with E-state index < -0.39 is 5.41 Å². The average Bonchev–Trinajstić information content (AvgIpc) is 2.88. The Bertz CT molecular complexity index is 1300. The second-order valence-corrected chi connectivity index (χ2v) is 11.1. The third kappa shape index (κ3) is 6.32. The molecule has 0 aliphatic rings. The number of rotatable bonds is 10. The van der Waals surface area contributed by atoms with E-state index in [4.69, 9.17) is 9.47 Å². The Kier molecular flexibility index (Phi) is 9.14. The zero-order valence-electron chi connectivity index (χ0n) is 24.1. The Morgan fingerprint density at radius 2 is 1.50 bits per heavy atom. The van der Waals surface area contributed by atoms with E-state index in [2.05, 4.69) is 56.1 Å². The summed E-state index contributed by atoms with van der Waals surface area (Å²) in [5.41, 5.74) is 7.02. The smallest absolute Gasteiger partial charge is 0.310 e. The van der Waals surface area contributed by atoms with E-state index in [9.17, 15) is 9.59 Å². The molecule has 0 N–H and O–H groups in total. The lowest BCUT2D eigenvalue weighted by molar-refractivity contribution is -0.139. The number of ether oxygens (including phenoxy) is 2. The van der Waals surface area contributed by atoms with Crippen LogP contribution >= 0.6 is 0 Å². The minimum Gasteiger partial charge on any atom is -0.486 e. The van der Waals surface area contributed by atoms with Crippen molar-refractivity contribution in [2.75, 3.05) is 13.7 Å². The van der Waals surface area contributed by atoms with Crippen LogP contribution in [0, 0.1) is 19.3 Å². The largest absolute Gasteiger partial charge is 0.486 e. The van der Waals surface area contributed by atoms with Crippen LogP contribution in [0.5, 0.6) is 5.75 Å². The first-order valence-corrected chi connectivity index (χ1v) is 13.3. The SMILES string of the molecule is CCC(CC)(c1ccc(OCC(=O)C(C)(C)C)c(C)c1)c1ccc(-c2cncc(CC(=O)OC)c2)c(C)c1. The summed E-state index contributed by atoms with van der Waals surface area (Å²) in [5.74, 6) is 0.552. The number of aryl methyl sites for hydroxylation is 2. The van der Waals surface area contributed by atoms with Crippen molar-refractivity contribution >= 4 is 11.8 Å². The number of benzene rings is 2. The summed E-state index contributed by atoms with van der Waals surface area (Å²) in [6.45, 7) is 14.4. The fourth-order valence-electron chi connectivity index (χ4n) is 4.96. The number of esters is 1. The third-order valence-electron chi connectivity index (χ3n) is 7.59.